The van der Waals surface area contributed by atoms with Gasteiger partial charge in [-0.05, 0) is 56.6 Å². The number of rotatable bonds is 6. The molecular weight excluding hydrogens is 419 g/mol. The highest BCUT2D eigenvalue weighted by Crippen LogP contribution is 2.34. The van der Waals surface area contributed by atoms with Crippen molar-refractivity contribution >= 4 is 29.0 Å². The molecule has 0 saturated carbocycles. The Balaban J connectivity index is 1.57. The Hall–Kier alpha value is -2.34. The number of ether oxygens (including phenoxy) is 1. The van der Waals surface area contributed by atoms with Gasteiger partial charge in [0.25, 0.3) is 5.88 Å². The van der Waals surface area contributed by atoms with Crippen LogP contribution in [0.5, 0.6) is 5.88 Å². The fourth-order valence-corrected chi connectivity index (χ4v) is 4.30. The van der Waals surface area contributed by atoms with Crippen LogP contribution in [0.4, 0.5) is 5.82 Å². The zero-order valence-electron chi connectivity index (χ0n) is 16.7. The maximum Gasteiger partial charge on any atom is 0.258 e. The Morgan fingerprint density at radius 2 is 1.80 bits per heavy atom. The summed E-state index contributed by atoms with van der Waals surface area (Å²) >= 11 is 12.6. The van der Waals surface area contributed by atoms with Gasteiger partial charge < -0.3 is 10.5 Å². The number of benzene rings is 2. The van der Waals surface area contributed by atoms with Crippen molar-refractivity contribution in [3.05, 3.63) is 76.4 Å². The molecule has 1 aromatic heterocycles. The molecule has 0 amide bonds. The minimum absolute atomic E-state index is 0.216. The third-order valence-corrected chi connectivity index (χ3v) is 5.78. The van der Waals surface area contributed by atoms with Gasteiger partial charge in [0.1, 0.15) is 6.10 Å². The summed E-state index contributed by atoms with van der Waals surface area (Å²) in [5.74, 6) is 0.471. The van der Waals surface area contributed by atoms with Crippen molar-refractivity contribution in [1.82, 2.24) is 14.9 Å². The van der Waals surface area contributed by atoms with E-state index >= 15 is 0 Å². The summed E-state index contributed by atoms with van der Waals surface area (Å²) in [5.41, 5.74) is 9.49. The highest BCUT2D eigenvalue weighted by atomic mass is 35.5. The molecule has 0 unspecified atom stereocenters. The first-order valence-corrected chi connectivity index (χ1v) is 10.7. The quantitative estimate of drug-likeness (QED) is 0.525. The molecule has 5 nitrogen and oxygen atoms in total. The molecule has 1 atom stereocenters. The summed E-state index contributed by atoms with van der Waals surface area (Å²) in [6, 6.07) is 13.5. The summed E-state index contributed by atoms with van der Waals surface area (Å²) in [6.45, 7) is 6.26. The predicted octanol–water partition coefficient (Wildman–Crippen LogP) is 5.78. The second-order valence-corrected chi connectivity index (χ2v) is 8.15. The number of hydrogen-bond donors (Lipinski definition) is 1. The van der Waals surface area contributed by atoms with Gasteiger partial charge in [-0.15, -0.1) is 0 Å². The lowest BCUT2D eigenvalue weighted by atomic mass is 10.1. The summed E-state index contributed by atoms with van der Waals surface area (Å²) in [4.78, 5) is 11.2. The smallest absolute Gasteiger partial charge is 0.258 e. The molecule has 30 heavy (non-hydrogen) atoms. The molecular formula is C23H23Cl2N4O. The number of anilines is 1. The summed E-state index contributed by atoms with van der Waals surface area (Å²) < 4.78 is 6.01. The van der Waals surface area contributed by atoms with Gasteiger partial charge in [-0.2, -0.15) is 0 Å². The zero-order valence-corrected chi connectivity index (χ0v) is 18.2. The van der Waals surface area contributed by atoms with Crippen LogP contribution >= 0.6 is 23.2 Å². The summed E-state index contributed by atoms with van der Waals surface area (Å²) in [7, 11) is 0. The van der Waals surface area contributed by atoms with Gasteiger partial charge in [0.15, 0.2) is 5.82 Å². The number of nitrogens with zero attached hydrogens (tertiary/aromatic N) is 3. The lowest BCUT2D eigenvalue weighted by Crippen LogP contribution is -2.16. The second-order valence-electron chi connectivity index (χ2n) is 7.34. The van der Waals surface area contributed by atoms with Gasteiger partial charge in [-0.25, -0.2) is 9.97 Å². The molecule has 2 aromatic carbocycles. The molecule has 1 aliphatic rings. The molecule has 4 rings (SSSR count). The van der Waals surface area contributed by atoms with Crippen molar-refractivity contribution in [2.75, 3.05) is 18.8 Å². The molecule has 1 fully saturated rings. The molecule has 1 radical (unpaired) electrons. The fourth-order valence-electron chi connectivity index (χ4n) is 3.59. The van der Waals surface area contributed by atoms with E-state index in [4.69, 9.17) is 33.7 Å². The first kappa shape index (κ1) is 20.9. The fraction of sp³-hybridized carbons (Fsp3) is 0.261. The SMILES string of the molecule is C[C@@H](Oc1nc(-c2cccc([CH]N3CCCC3)c2)cnc1N)c1c(Cl)cccc1Cl. The largest absolute Gasteiger partial charge is 0.467 e. The summed E-state index contributed by atoms with van der Waals surface area (Å²) in [6.07, 6.45) is 3.71. The third-order valence-electron chi connectivity index (χ3n) is 5.12. The zero-order chi connectivity index (χ0) is 21.1. The molecule has 0 bridgehead atoms. The van der Waals surface area contributed by atoms with E-state index in [0.29, 0.717) is 21.3 Å². The lowest BCUT2D eigenvalue weighted by Gasteiger charge is -2.18. The van der Waals surface area contributed by atoms with Gasteiger partial charge >= 0.3 is 0 Å². The molecule has 1 aliphatic heterocycles. The van der Waals surface area contributed by atoms with Crippen LogP contribution in [0.3, 0.4) is 0 Å². The third kappa shape index (κ3) is 4.69. The van der Waals surface area contributed by atoms with Gasteiger partial charge in [0, 0.05) is 21.2 Å². The Morgan fingerprint density at radius 1 is 1.10 bits per heavy atom. The molecule has 0 aliphatic carbocycles. The molecule has 0 spiro atoms. The topological polar surface area (TPSA) is 64.3 Å². The van der Waals surface area contributed by atoms with E-state index in [0.717, 1.165) is 24.2 Å². The highest BCUT2D eigenvalue weighted by Gasteiger charge is 2.18. The molecule has 7 heteroatoms. The van der Waals surface area contributed by atoms with Crippen molar-refractivity contribution < 1.29 is 4.74 Å². The number of nitrogen functional groups attached to an aromatic ring is 1. The lowest BCUT2D eigenvalue weighted by molar-refractivity contribution is 0.218. The number of hydrogen-bond acceptors (Lipinski definition) is 5. The highest BCUT2D eigenvalue weighted by molar-refractivity contribution is 6.36. The minimum atomic E-state index is -0.437. The summed E-state index contributed by atoms with van der Waals surface area (Å²) in [5, 5.41) is 1.06. The monoisotopic (exact) mass is 441 g/mol. The van der Waals surface area contributed by atoms with Gasteiger partial charge in [-0.3, -0.25) is 4.90 Å². The maximum absolute atomic E-state index is 6.31. The van der Waals surface area contributed by atoms with Crippen LogP contribution in [0.1, 0.15) is 37.0 Å². The average molecular weight is 442 g/mol. The van der Waals surface area contributed by atoms with Gasteiger partial charge in [0.05, 0.1) is 18.4 Å². The van der Waals surface area contributed by atoms with E-state index in [1.807, 2.05) is 19.1 Å². The molecule has 2 heterocycles. The van der Waals surface area contributed by atoms with Crippen LogP contribution in [-0.4, -0.2) is 28.0 Å². The number of likely N-dealkylation sites (tertiary alicyclic amines) is 1. The minimum Gasteiger partial charge on any atom is -0.467 e. The van der Waals surface area contributed by atoms with Crippen LogP contribution in [-0.2, 0) is 0 Å². The van der Waals surface area contributed by atoms with E-state index in [2.05, 4.69) is 33.5 Å². The Morgan fingerprint density at radius 3 is 2.53 bits per heavy atom. The van der Waals surface area contributed by atoms with Crippen LogP contribution in [0.2, 0.25) is 10.0 Å². The molecule has 155 valence electrons. The number of halogens is 2. The average Bonchev–Trinajstić information content (AvgIpc) is 3.23. The first-order valence-electron chi connectivity index (χ1n) is 9.93. The standard InChI is InChI=1S/C23H23Cl2N4O/c1-15(21-18(24)8-5-9-19(21)25)30-23-22(26)27-13-20(28-23)17-7-4-6-16(12-17)14-29-10-2-3-11-29/h4-9,12-15H,2-3,10-11H2,1H3,(H2,26,27)/t15-/m1/s1. The molecule has 2 N–H and O–H groups in total. The van der Waals surface area contributed by atoms with Crippen LogP contribution in [0.25, 0.3) is 11.3 Å². The maximum atomic E-state index is 6.31. The first-order chi connectivity index (χ1) is 14.5. The van der Waals surface area contributed by atoms with Gasteiger partial charge in [-0.1, -0.05) is 47.5 Å². The predicted molar refractivity (Wildman–Crippen MR) is 122 cm³/mol. The van der Waals surface area contributed by atoms with Crippen molar-refractivity contribution in [3.8, 4) is 17.1 Å². The van der Waals surface area contributed by atoms with Crippen molar-refractivity contribution in [2.45, 2.75) is 25.9 Å². The molecule has 3 aromatic rings. The number of aromatic nitrogens is 2. The van der Waals surface area contributed by atoms with Crippen LogP contribution < -0.4 is 10.5 Å². The van der Waals surface area contributed by atoms with Crippen molar-refractivity contribution in [2.24, 2.45) is 0 Å². The van der Waals surface area contributed by atoms with Crippen molar-refractivity contribution in [3.63, 3.8) is 0 Å². The second kappa shape index (κ2) is 9.21. The van der Waals surface area contributed by atoms with Crippen LogP contribution in [0, 0.1) is 6.54 Å². The molecule has 1 saturated heterocycles. The van der Waals surface area contributed by atoms with Crippen LogP contribution in [0.15, 0.2) is 48.7 Å². The van der Waals surface area contributed by atoms with E-state index in [1.165, 1.54) is 12.8 Å². The Labute approximate surface area is 186 Å². The van der Waals surface area contributed by atoms with Crippen molar-refractivity contribution in [1.29, 1.82) is 0 Å². The van der Waals surface area contributed by atoms with E-state index in [1.54, 1.807) is 24.4 Å². The van der Waals surface area contributed by atoms with E-state index in [9.17, 15) is 0 Å². The Kier molecular flexibility index (Phi) is 6.42. The van der Waals surface area contributed by atoms with Gasteiger partial charge in [0.2, 0.25) is 0 Å². The Bertz CT molecular complexity index is 1020. The van der Waals surface area contributed by atoms with E-state index < -0.39 is 6.10 Å². The van der Waals surface area contributed by atoms with E-state index in [-0.39, 0.29) is 11.7 Å². The number of nitrogens with two attached hydrogens (primary N) is 1. The normalized spacial score (nSPS) is 15.3.